The van der Waals surface area contributed by atoms with Gasteiger partial charge in [-0.1, -0.05) is 0 Å². The highest BCUT2D eigenvalue weighted by atomic mass is 32.2. The summed E-state index contributed by atoms with van der Waals surface area (Å²) in [6.07, 6.45) is 1.59. The number of hydrogen-bond donors (Lipinski definition) is 1. The van der Waals surface area contributed by atoms with E-state index in [4.69, 9.17) is 5.73 Å². The Morgan fingerprint density at radius 1 is 1.33 bits per heavy atom. The van der Waals surface area contributed by atoms with Crippen molar-refractivity contribution in [2.75, 3.05) is 18.1 Å². The van der Waals surface area contributed by atoms with E-state index < -0.39 is 0 Å². The summed E-state index contributed by atoms with van der Waals surface area (Å²) in [5, 5.41) is 0. The Bertz CT molecular complexity index is 179. The predicted molar refractivity (Wildman–Crippen MR) is 51.1 cm³/mol. The molecule has 1 aliphatic carbocycles. The maximum absolute atomic E-state index is 11.3. The number of Topliss-reactive ketones (excluding diaryl/α,β-unsaturated/α-hetero) is 1. The fourth-order valence-electron chi connectivity index (χ4n) is 2.48. The van der Waals surface area contributed by atoms with Crippen LogP contribution in [0.1, 0.15) is 12.8 Å². The lowest BCUT2D eigenvalue weighted by molar-refractivity contribution is -0.124. The predicted octanol–water partition coefficient (Wildman–Crippen LogP) is 0.903. The van der Waals surface area contributed by atoms with Gasteiger partial charge in [-0.15, -0.1) is 0 Å². The average Bonchev–Trinajstić information content (AvgIpc) is 2.02. The SMILES string of the molecule is NCC1C2CSCC1CC(=O)C2. The second-order valence-corrected chi connectivity index (χ2v) is 4.98. The highest BCUT2D eigenvalue weighted by molar-refractivity contribution is 7.99. The van der Waals surface area contributed by atoms with Crippen molar-refractivity contribution in [2.45, 2.75) is 12.8 Å². The number of rotatable bonds is 1. The van der Waals surface area contributed by atoms with Crippen molar-refractivity contribution in [3.05, 3.63) is 0 Å². The molecule has 0 aromatic heterocycles. The third kappa shape index (κ3) is 1.40. The number of ketones is 1. The molecule has 2 fully saturated rings. The van der Waals surface area contributed by atoms with E-state index in [-0.39, 0.29) is 0 Å². The van der Waals surface area contributed by atoms with E-state index in [9.17, 15) is 4.79 Å². The standard InChI is InChI=1S/C9H15NOS/c10-3-9-6-1-8(11)2-7(9)5-12-4-6/h6-7,9H,1-5,10H2. The molecule has 2 bridgehead atoms. The Kier molecular flexibility index (Phi) is 2.42. The van der Waals surface area contributed by atoms with Gasteiger partial charge < -0.3 is 5.73 Å². The van der Waals surface area contributed by atoms with Crippen LogP contribution >= 0.6 is 11.8 Å². The van der Waals surface area contributed by atoms with E-state index in [1.54, 1.807) is 0 Å². The van der Waals surface area contributed by atoms with Gasteiger partial charge in [0.05, 0.1) is 0 Å². The maximum atomic E-state index is 11.3. The monoisotopic (exact) mass is 185 g/mol. The van der Waals surface area contributed by atoms with Gasteiger partial charge in [0.25, 0.3) is 0 Å². The first kappa shape index (κ1) is 8.57. The third-order valence-electron chi connectivity index (χ3n) is 3.13. The van der Waals surface area contributed by atoms with Crippen LogP contribution < -0.4 is 5.73 Å². The number of nitrogens with two attached hydrogens (primary N) is 1. The van der Waals surface area contributed by atoms with Crippen molar-refractivity contribution in [1.29, 1.82) is 0 Å². The fourth-order valence-corrected chi connectivity index (χ4v) is 3.95. The Balaban J connectivity index is 2.11. The molecule has 0 spiro atoms. The minimum atomic E-state index is 0.468. The van der Waals surface area contributed by atoms with Gasteiger partial charge in [-0.25, -0.2) is 0 Å². The number of hydrogen-bond acceptors (Lipinski definition) is 3. The normalized spacial score (nSPS) is 41.4. The Labute approximate surface area is 77.3 Å². The largest absolute Gasteiger partial charge is 0.330 e. The van der Waals surface area contributed by atoms with Crippen LogP contribution in [0.4, 0.5) is 0 Å². The molecule has 2 rings (SSSR count). The van der Waals surface area contributed by atoms with E-state index >= 15 is 0 Å². The van der Waals surface area contributed by atoms with Crippen molar-refractivity contribution >= 4 is 17.5 Å². The lowest BCUT2D eigenvalue weighted by Crippen LogP contribution is -2.42. The molecule has 0 amide bonds. The molecule has 2 aliphatic rings. The van der Waals surface area contributed by atoms with Crippen LogP contribution in [0.15, 0.2) is 0 Å². The zero-order valence-electron chi connectivity index (χ0n) is 7.16. The summed E-state index contributed by atoms with van der Waals surface area (Å²) < 4.78 is 0. The van der Waals surface area contributed by atoms with Gasteiger partial charge in [0.2, 0.25) is 0 Å². The van der Waals surface area contributed by atoms with Crippen LogP contribution in [-0.2, 0) is 4.79 Å². The zero-order chi connectivity index (χ0) is 8.55. The minimum Gasteiger partial charge on any atom is -0.330 e. The fraction of sp³-hybridized carbons (Fsp3) is 0.889. The lowest BCUT2D eigenvalue weighted by atomic mass is 9.72. The average molecular weight is 185 g/mol. The van der Waals surface area contributed by atoms with Gasteiger partial charge in [0, 0.05) is 12.8 Å². The highest BCUT2D eigenvalue weighted by Crippen LogP contribution is 2.40. The van der Waals surface area contributed by atoms with Crippen LogP contribution in [0.2, 0.25) is 0 Å². The van der Waals surface area contributed by atoms with E-state index in [0.717, 1.165) is 30.9 Å². The topological polar surface area (TPSA) is 43.1 Å². The summed E-state index contributed by atoms with van der Waals surface area (Å²) in [6.45, 7) is 0.781. The summed E-state index contributed by atoms with van der Waals surface area (Å²) >= 11 is 2.00. The number of fused-ring (bicyclic) bond motifs is 2. The first-order valence-corrected chi connectivity index (χ1v) is 5.76. The molecule has 0 aromatic carbocycles. The molecule has 2 N–H and O–H groups in total. The second kappa shape index (κ2) is 3.38. The van der Waals surface area contributed by atoms with E-state index in [2.05, 4.69) is 0 Å². The Hall–Kier alpha value is -0.0200. The van der Waals surface area contributed by atoms with E-state index in [1.807, 2.05) is 11.8 Å². The zero-order valence-corrected chi connectivity index (χ0v) is 7.98. The van der Waals surface area contributed by atoms with Gasteiger partial charge in [0.1, 0.15) is 5.78 Å². The summed E-state index contributed by atoms with van der Waals surface area (Å²) in [6, 6.07) is 0. The molecule has 1 saturated heterocycles. The number of carbonyl (C=O) groups excluding carboxylic acids is 1. The van der Waals surface area contributed by atoms with Crippen molar-refractivity contribution in [3.8, 4) is 0 Å². The van der Waals surface area contributed by atoms with Crippen molar-refractivity contribution in [1.82, 2.24) is 0 Å². The summed E-state index contributed by atoms with van der Waals surface area (Å²) in [5.74, 6) is 4.62. The molecule has 2 atom stereocenters. The van der Waals surface area contributed by atoms with Crippen LogP contribution in [0.5, 0.6) is 0 Å². The number of carbonyl (C=O) groups is 1. The highest BCUT2D eigenvalue weighted by Gasteiger charge is 2.38. The molecule has 12 heavy (non-hydrogen) atoms. The van der Waals surface area contributed by atoms with E-state index in [0.29, 0.717) is 23.5 Å². The molecule has 0 aromatic rings. The first-order valence-electron chi connectivity index (χ1n) is 4.60. The van der Waals surface area contributed by atoms with Gasteiger partial charge >= 0.3 is 0 Å². The molecular weight excluding hydrogens is 170 g/mol. The van der Waals surface area contributed by atoms with Gasteiger partial charge in [-0.2, -0.15) is 11.8 Å². The van der Waals surface area contributed by atoms with Gasteiger partial charge in [-0.05, 0) is 35.8 Å². The number of thioether (sulfide) groups is 1. The molecule has 2 nitrogen and oxygen atoms in total. The lowest BCUT2D eigenvalue weighted by Gasteiger charge is -2.40. The first-order chi connectivity index (χ1) is 5.81. The molecule has 1 aliphatic heterocycles. The third-order valence-corrected chi connectivity index (χ3v) is 4.45. The summed E-state index contributed by atoms with van der Waals surface area (Å²) in [5.41, 5.74) is 5.72. The van der Waals surface area contributed by atoms with Crippen LogP contribution in [-0.4, -0.2) is 23.8 Å². The van der Waals surface area contributed by atoms with E-state index in [1.165, 1.54) is 0 Å². The maximum Gasteiger partial charge on any atom is 0.133 e. The molecule has 1 heterocycles. The van der Waals surface area contributed by atoms with Gasteiger partial charge in [0.15, 0.2) is 0 Å². The Morgan fingerprint density at radius 2 is 1.92 bits per heavy atom. The van der Waals surface area contributed by atoms with Crippen molar-refractivity contribution in [2.24, 2.45) is 23.5 Å². The summed E-state index contributed by atoms with van der Waals surface area (Å²) in [7, 11) is 0. The smallest absolute Gasteiger partial charge is 0.133 e. The second-order valence-electron chi connectivity index (χ2n) is 3.90. The molecule has 3 heteroatoms. The van der Waals surface area contributed by atoms with Crippen LogP contribution in [0, 0.1) is 17.8 Å². The van der Waals surface area contributed by atoms with Crippen LogP contribution in [0.25, 0.3) is 0 Å². The molecule has 0 radical (unpaired) electrons. The van der Waals surface area contributed by atoms with Crippen molar-refractivity contribution < 1.29 is 4.79 Å². The Morgan fingerprint density at radius 3 is 2.42 bits per heavy atom. The van der Waals surface area contributed by atoms with Crippen LogP contribution in [0.3, 0.4) is 0 Å². The van der Waals surface area contributed by atoms with Crippen molar-refractivity contribution in [3.63, 3.8) is 0 Å². The minimum absolute atomic E-state index is 0.468. The summed E-state index contributed by atoms with van der Waals surface area (Å²) in [4.78, 5) is 11.3. The quantitative estimate of drug-likeness (QED) is 0.660. The molecule has 1 saturated carbocycles. The molecule has 2 unspecified atom stereocenters. The molecule has 68 valence electrons. The molecular formula is C9H15NOS. The van der Waals surface area contributed by atoms with Gasteiger partial charge in [-0.3, -0.25) is 4.79 Å².